The van der Waals surface area contributed by atoms with Crippen LogP contribution in [-0.4, -0.2) is 37.6 Å². The number of piperidine rings is 1. The molecular weight excluding hydrogens is 240 g/mol. The summed E-state index contributed by atoms with van der Waals surface area (Å²) >= 11 is 0. The number of nitrogens with one attached hydrogen (secondary N) is 2. The van der Waals surface area contributed by atoms with Gasteiger partial charge in [-0.25, -0.2) is 4.79 Å². The van der Waals surface area contributed by atoms with E-state index in [2.05, 4.69) is 22.6 Å². The maximum atomic E-state index is 10.7. The Morgan fingerprint density at radius 3 is 2.68 bits per heavy atom. The number of rotatable bonds is 4. The monoisotopic (exact) mass is 262 g/mol. The molecule has 0 radical (unpaired) electrons. The standard InChI is InChI=1S/C14H22N4O/c1-18-8-2-3-11(10-18)9-16-12-4-6-13(7-5-12)17-14(15)19/h4-7,11,16H,2-3,8-10H2,1H3,(H3,15,17,19). The van der Waals surface area contributed by atoms with Crippen LogP contribution in [0, 0.1) is 5.92 Å². The fourth-order valence-corrected chi connectivity index (χ4v) is 2.52. The average Bonchev–Trinajstić information content (AvgIpc) is 2.37. The van der Waals surface area contributed by atoms with Gasteiger partial charge in [0, 0.05) is 24.5 Å². The molecule has 1 unspecified atom stereocenters. The molecule has 4 N–H and O–H groups in total. The molecule has 5 nitrogen and oxygen atoms in total. The summed E-state index contributed by atoms with van der Waals surface area (Å²) in [5, 5.41) is 5.99. The van der Waals surface area contributed by atoms with Gasteiger partial charge in [0.2, 0.25) is 0 Å². The summed E-state index contributed by atoms with van der Waals surface area (Å²) in [6.07, 6.45) is 2.57. The highest BCUT2D eigenvalue weighted by molar-refractivity contribution is 5.87. The van der Waals surface area contributed by atoms with Crippen molar-refractivity contribution in [3.8, 4) is 0 Å². The Morgan fingerprint density at radius 2 is 2.05 bits per heavy atom. The Balaban J connectivity index is 1.81. The molecule has 5 heteroatoms. The van der Waals surface area contributed by atoms with E-state index in [0.29, 0.717) is 5.92 Å². The number of benzene rings is 1. The molecule has 1 aromatic carbocycles. The Hall–Kier alpha value is -1.75. The molecule has 1 aromatic rings. The first-order valence-electron chi connectivity index (χ1n) is 6.72. The minimum Gasteiger partial charge on any atom is -0.385 e. The summed E-state index contributed by atoms with van der Waals surface area (Å²) in [6, 6.07) is 7.07. The van der Waals surface area contributed by atoms with E-state index in [-0.39, 0.29) is 0 Å². The smallest absolute Gasteiger partial charge is 0.316 e. The van der Waals surface area contributed by atoms with E-state index >= 15 is 0 Å². The number of likely N-dealkylation sites (tertiary alicyclic amines) is 1. The predicted molar refractivity (Wildman–Crippen MR) is 78.4 cm³/mol. The lowest BCUT2D eigenvalue weighted by atomic mass is 9.98. The van der Waals surface area contributed by atoms with Crippen molar-refractivity contribution >= 4 is 17.4 Å². The highest BCUT2D eigenvalue weighted by Crippen LogP contribution is 2.17. The summed E-state index contributed by atoms with van der Waals surface area (Å²) in [5.74, 6) is 0.710. The van der Waals surface area contributed by atoms with E-state index < -0.39 is 6.03 Å². The highest BCUT2D eigenvalue weighted by atomic mass is 16.2. The number of urea groups is 1. The van der Waals surface area contributed by atoms with Gasteiger partial charge in [-0.3, -0.25) is 0 Å². The molecule has 2 amide bonds. The zero-order valence-corrected chi connectivity index (χ0v) is 11.4. The van der Waals surface area contributed by atoms with Gasteiger partial charge in [-0.1, -0.05) is 0 Å². The lowest BCUT2D eigenvalue weighted by Crippen LogP contribution is -2.35. The summed E-state index contributed by atoms with van der Waals surface area (Å²) < 4.78 is 0. The summed E-state index contributed by atoms with van der Waals surface area (Å²) in [6.45, 7) is 3.37. The van der Waals surface area contributed by atoms with Crippen molar-refractivity contribution in [1.29, 1.82) is 0 Å². The SMILES string of the molecule is CN1CCCC(CNc2ccc(NC(N)=O)cc2)C1. The third-order valence-corrected chi connectivity index (χ3v) is 3.47. The number of primary amides is 1. The van der Waals surface area contributed by atoms with Crippen LogP contribution in [0.5, 0.6) is 0 Å². The van der Waals surface area contributed by atoms with E-state index in [1.54, 1.807) is 0 Å². The van der Waals surface area contributed by atoms with Crippen molar-refractivity contribution in [2.24, 2.45) is 11.7 Å². The lowest BCUT2D eigenvalue weighted by molar-refractivity contribution is 0.217. The maximum Gasteiger partial charge on any atom is 0.316 e. The zero-order chi connectivity index (χ0) is 13.7. The van der Waals surface area contributed by atoms with Gasteiger partial charge in [-0.2, -0.15) is 0 Å². The molecule has 1 saturated heterocycles. The Kier molecular flexibility index (Phi) is 4.63. The van der Waals surface area contributed by atoms with Gasteiger partial charge in [-0.05, 0) is 56.6 Å². The van der Waals surface area contributed by atoms with Crippen molar-refractivity contribution in [3.63, 3.8) is 0 Å². The fraction of sp³-hybridized carbons (Fsp3) is 0.500. The second-order valence-electron chi connectivity index (χ2n) is 5.22. The number of anilines is 2. The van der Waals surface area contributed by atoms with Crippen LogP contribution in [0.15, 0.2) is 24.3 Å². The van der Waals surface area contributed by atoms with Gasteiger partial charge in [0.15, 0.2) is 0 Å². The van der Waals surface area contributed by atoms with Crippen LogP contribution in [0.4, 0.5) is 16.2 Å². The van der Waals surface area contributed by atoms with Crippen LogP contribution < -0.4 is 16.4 Å². The van der Waals surface area contributed by atoms with Crippen LogP contribution in [-0.2, 0) is 0 Å². The van der Waals surface area contributed by atoms with E-state index in [9.17, 15) is 4.79 Å². The van der Waals surface area contributed by atoms with Gasteiger partial charge in [-0.15, -0.1) is 0 Å². The first kappa shape index (κ1) is 13.7. The van der Waals surface area contributed by atoms with Crippen molar-refractivity contribution in [3.05, 3.63) is 24.3 Å². The molecule has 104 valence electrons. The number of carbonyl (C=O) groups is 1. The minimum absolute atomic E-state index is 0.536. The van der Waals surface area contributed by atoms with Crippen LogP contribution in [0.2, 0.25) is 0 Å². The third-order valence-electron chi connectivity index (χ3n) is 3.47. The van der Waals surface area contributed by atoms with Crippen molar-refractivity contribution in [2.75, 3.05) is 37.3 Å². The first-order valence-corrected chi connectivity index (χ1v) is 6.72. The summed E-state index contributed by atoms with van der Waals surface area (Å²) in [7, 11) is 2.18. The van der Waals surface area contributed by atoms with Crippen LogP contribution in [0.25, 0.3) is 0 Å². The molecule has 0 spiro atoms. The van der Waals surface area contributed by atoms with Gasteiger partial charge in [0.05, 0.1) is 0 Å². The molecule has 0 aromatic heterocycles. The Morgan fingerprint density at radius 1 is 1.37 bits per heavy atom. The van der Waals surface area contributed by atoms with Gasteiger partial charge in [0.1, 0.15) is 0 Å². The number of hydrogen-bond acceptors (Lipinski definition) is 3. The second kappa shape index (κ2) is 6.43. The van der Waals surface area contributed by atoms with Crippen molar-refractivity contribution < 1.29 is 4.79 Å². The quantitative estimate of drug-likeness (QED) is 0.776. The molecule has 0 aliphatic carbocycles. The molecule has 1 aliphatic heterocycles. The number of carbonyl (C=O) groups excluding carboxylic acids is 1. The normalized spacial score (nSPS) is 19.9. The molecule has 1 heterocycles. The molecular formula is C14H22N4O. The molecule has 1 atom stereocenters. The Bertz CT molecular complexity index is 418. The van der Waals surface area contributed by atoms with Crippen molar-refractivity contribution in [1.82, 2.24) is 4.90 Å². The fourth-order valence-electron chi connectivity index (χ4n) is 2.52. The van der Waals surface area contributed by atoms with Crippen molar-refractivity contribution in [2.45, 2.75) is 12.8 Å². The number of hydrogen-bond donors (Lipinski definition) is 3. The molecule has 0 saturated carbocycles. The molecule has 1 fully saturated rings. The van der Waals surface area contributed by atoms with Crippen LogP contribution in [0.3, 0.4) is 0 Å². The van der Waals surface area contributed by atoms with E-state index in [1.807, 2.05) is 24.3 Å². The molecule has 1 aliphatic rings. The van der Waals surface area contributed by atoms with E-state index in [0.717, 1.165) is 24.5 Å². The Labute approximate surface area is 114 Å². The van der Waals surface area contributed by atoms with E-state index in [4.69, 9.17) is 5.73 Å². The lowest BCUT2D eigenvalue weighted by Gasteiger charge is -2.29. The van der Waals surface area contributed by atoms with E-state index in [1.165, 1.54) is 19.4 Å². The first-order chi connectivity index (χ1) is 9.13. The molecule has 19 heavy (non-hydrogen) atoms. The molecule has 2 rings (SSSR count). The summed E-state index contributed by atoms with van der Waals surface area (Å²) in [5.41, 5.74) is 6.85. The average molecular weight is 262 g/mol. The topological polar surface area (TPSA) is 70.4 Å². The minimum atomic E-state index is -0.536. The number of nitrogens with two attached hydrogens (primary N) is 1. The predicted octanol–water partition coefficient (Wildman–Crippen LogP) is 1.93. The van der Waals surface area contributed by atoms with Gasteiger partial charge < -0.3 is 21.3 Å². The van der Waals surface area contributed by atoms with Gasteiger partial charge in [0.25, 0.3) is 0 Å². The summed E-state index contributed by atoms with van der Waals surface area (Å²) in [4.78, 5) is 13.1. The number of amides is 2. The largest absolute Gasteiger partial charge is 0.385 e. The maximum absolute atomic E-state index is 10.7. The van der Waals surface area contributed by atoms with Gasteiger partial charge >= 0.3 is 6.03 Å². The van der Waals surface area contributed by atoms with Crippen LogP contribution in [0.1, 0.15) is 12.8 Å². The zero-order valence-electron chi connectivity index (χ0n) is 11.4. The number of nitrogens with zero attached hydrogens (tertiary/aromatic N) is 1. The third kappa shape index (κ3) is 4.44. The molecule has 0 bridgehead atoms. The van der Waals surface area contributed by atoms with Crippen LogP contribution >= 0.6 is 0 Å². The highest BCUT2D eigenvalue weighted by Gasteiger charge is 2.16. The second-order valence-corrected chi connectivity index (χ2v) is 5.22.